The number of benzene rings is 1. The van der Waals surface area contributed by atoms with E-state index in [1.54, 1.807) is 0 Å². The molecule has 1 saturated heterocycles. The molecular weight excluding hydrogens is 272 g/mol. The average molecular weight is 300 g/mol. The van der Waals surface area contributed by atoms with E-state index in [4.69, 9.17) is 0 Å². The number of para-hydroxylation sites is 1. The molecule has 3 heteroatoms. The third-order valence-electron chi connectivity index (χ3n) is 5.19. The molecule has 0 radical (unpaired) electrons. The highest BCUT2D eigenvalue weighted by Gasteiger charge is 2.29. The van der Waals surface area contributed by atoms with Gasteiger partial charge in [-0.3, -0.25) is 4.79 Å². The summed E-state index contributed by atoms with van der Waals surface area (Å²) in [6.07, 6.45) is 3.50. The Kier molecular flexibility index (Phi) is 4.42. The van der Waals surface area contributed by atoms with Gasteiger partial charge in [0.1, 0.15) is 0 Å². The van der Waals surface area contributed by atoms with E-state index in [-0.39, 0.29) is 0 Å². The second kappa shape index (κ2) is 6.31. The Morgan fingerprint density at radius 3 is 2.55 bits per heavy atom. The standard InChI is InChI=1S/C19H28N2O/c1-14-10-15(2)12-20(11-14)19(22)13-21-16(3)8-9-17-6-4-5-7-18(17)21/h4-7,14-16H,8-13H2,1-3H3. The van der Waals surface area contributed by atoms with Gasteiger partial charge >= 0.3 is 0 Å². The molecule has 2 heterocycles. The summed E-state index contributed by atoms with van der Waals surface area (Å²) in [6.45, 7) is 9.13. The summed E-state index contributed by atoms with van der Waals surface area (Å²) in [5.74, 6) is 1.54. The van der Waals surface area contributed by atoms with Crippen LogP contribution in [0.2, 0.25) is 0 Å². The number of fused-ring (bicyclic) bond motifs is 1. The van der Waals surface area contributed by atoms with Gasteiger partial charge in [0.2, 0.25) is 5.91 Å². The van der Waals surface area contributed by atoms with Crippen LogP contribution in [0.1, 0.15) is 39.2 Å². The first kappa shape index (κ1) is 15.4. The number of aryl methyl sites for hydroxylation is 1. The Bertz CT molecular complexity index is 532. The number of nitrogens with zero attached hydrogens (tertiary/aromatic N) is 2. The lowest BCUT2D eigenvalue weighted by molar-refractivity contribution is -0.132. The highest BCUT2D eigenvalue weighted by atomic mass is 16.2. The maximum atomic E-state index is 12.8. The number of carbonyl (C=O) groups is 1. The van der Waals surface area contributed by atoms with Crippen molar-refractivity contribution in [2.24, 2.45) is 11.8 Å². The van der Waals surface area contributed by atoms with Crippen molar-refractivity contribution in [3.8, 4) is 0 Å². The molecule has 1 aromatic rings. The van der Waals surface area contributed by atoms with E-state index in [1.807, 2.05) is 0 Å². The van der Waals surface area contributed by atoms with Gasteiger partial charge in [-0.2, -0.15) is 0 Å². The second-order valence-corrected chi connectivity index (χ2v) is 7.39. The van der Waals surface area contributed by atoms with E-state index in [2.05, 4.69) is 54.8 Å². The number of likely N-dealkylation sites (tertiary alicyclic amines) is 1. The van der Waals surface area contributed by atoms with Crippen LogP contribution in [-0.2, 0) is 11.2 Å². The zero-order valence-electron chi connectivity index (χ0n) is 14.1. The summed E-state index contributed by atoms with van der Waals surface area (Å²) < 4.78 is 0. The summed E-state index contributed by atoms with van der Waals surface area (Å²) in [5.41, 5.74) is 2.64. The molecule has 0 aromatic heterocycles. The van der Waals surface area contributed by atoms with Gasteiger partial charge in [0.15, 0.2) is 0 Å². The zero-order valence-corrected chi connectivity index (χ0v) is 14.1. The van der Waals surface area contributed by atoms with E-state index in [0.717, 1.165) is 25.9 Å². The monoisotopic (exact) mass is 300 g/mol. The zero-order chi connectivity index (χ0) is 15.7. The molecule has 3 unspecified atom stereocenters. The molecule has 120 valence electrons. The van der Waals surface area contributed by atoms with Crippen LogP contribution in [-0.4, -0.2) is 36.5 Å². The summed E-state index contributed by atoms with van der Waals surface area (Å²) in [6, 6.07) is 8.99. The van der Waals surface area contributed by atoms with Gasteiger partial charge in [0.25, 0.3) is 0 Å². The molecule has 22 heavy (non-hydrogen) atoms. The Morgan fingerprint density at radius 2 is 1.82 bits per heavy atom. The van der Waals surface area contributed by atoms with Crippen LogP contribution in [0, 0.1) is 11.8 Å². The van der Waals surface area contributed by atoms with Gasteiger partial charge < -0.3 is 9.80 Å². The summed E-state index contributed by atoms with van der Waals surface area (Å²) >= 11 is 0. The van der Waals surface area contributed by atoms with Gasteiger partial charge in [-0.05, 0) is 49.7 Å². The van der Waals surface area contributed by atoms with Gasteiger partial charge in [0.05, 0.1) is 6.54 Å². The van der Waals surface area contributed by atoms with Crippen molar-refractivity contribution in [1.29, 1.82) is 0 Å². The second-order valence-electron chi connectivity index (χ2n) is 7.39. The number of hydrogen-bond acceptors (Lipinski definition) is 2. The van der Waals surface area contributed by atoms with Crippen LogP contribution in [0.4, 0.5) is 5.69 Å². The maximum absolute atomic E-state index is 12.8. The first-order valence-corrected chi connectivity index (χ1v) is 8.67. The molecule has 0 saturated carbocycles. The molecule has 3 rings (SSSR count). The van der Waals surface area contributed by atoms with Crippen molar-refractivity contribution >= 4 is 11.6 Å². The molecule has 1 fully saturated rings. The number of piperidine rings is 1. The normalized spacial score (nSPS) is 28.4. The highest BCUT2D eigenvalue weighted by molar-refractivity contribution is 5.82. The Hall–Kier alpha value is -1.51. The Balaban J connectivity index is 1.73. The van der Waals surface area contributed by atoms with Crippen molar-refractivity contribution in [2.45, 2.75) is 46.1 Å². The molecule has 0 spiro atoms. The van der Waals surface area contributed by atoms with Gasteiger partial charge in [-0.15, -0.1) is 0 Å². The number of hydrogen-bond donors (Lipinski definition) is 0. The smallest absolute Gasteiger partial charge is 0.242 e. The van der Waals surface area contributed by atoms with Crippen LogP contribution < -0.4 is 4.90 Å². The summed E-state index contributed by atoms with van der Waals surface area (Å²) in [7, 11) is 0. The topological polar surface area (TPSA) is 23.6 Å². The maximum Gasteiger partial charge on any atom is 0.242 e. The fraction of sp³-hybridized carbons (Fsp3) is 0.632. The number of anilines is 1. The minimum atomic E-state index is 0.293. The molecule has 0 N–H and O–H groups in total. The lowest BCUT2D eigenvalue weighted by Gasteiger charge is -2.40. The van der Waals surface area contributed by atoms with Gasteiger partial charge in [0, 0.05) is 24.8 Å². The lowest BCUT2D eigenvalue weighted by atomic mass is 9.91. The van der Waals surface area contributed by atoms with E-state index < -0.39 is 0 Å². The van der Waals surface area contributed by atoms with E-state index >= 15 is 0 Å². The quantitative estimate of drug-likeness (QED) is 0.836. The average Bonchev–Trinajstić information content (AvgIpc) is 2.49. The van der Waals surface area contributed by atoms with Gasteiger partial charge in [-0.1, -0.05) is 32.0 Å². The van der Waals surface area contributed by atoms with Crippen LogP contribution >= 0.6 is 0 Å². The lowest BCUT2D eigenvalue weighted by Crippen LogP contribution is -2.49. The fourth-order valence-electron chi connectivity index (χ4n) is 4.11. The minimum absolute atomic E-state index is 0.293. The largest absolute Gasteiger partial charge is 0.359 e. The molecule has 3 atom stereocenters. The van der Waals surface area contributed by atoms with Crippen molar-refractivity contribution in [2.75, 3.05) is 24.5 Å². The fourth-order valence-corrected chi connectivity index (χ4v) is 4.11. The van der Waals surface area contributed by atoms with Gasteiger partial charge in [-0.25, -0.2) is 0 Å². The Morgan fingerprint density at radius 1 is 1.14 bits per heavy atom. The van der Waals surface area contributed by atoms with Crippen LogP contribution in [0.15, 0.2) is 24.3 Å². The molecule has 0 aliphatic carbocycles. The first-order valence-electron chi connectivity index (χ1n) is 8.67. The SMILES string of the molecule is CC1CC(C)CN(C(=O)CN2c3ccccc3CCC2C)C1. The highest BCUT2D eigenvalue weighted by Crippen LogP contribution is 2.30. The molecule has 2 aliphatic rings. The van der Waals surface area contributed by atoms with Crippen molar-refractivity contribution in [1.82, 2.24) is 4.90 Å². The predicted octanol–water partition coefficient (Wildman–Crippen LogP) is 3.33. The number of rotatable bonds is 2. The minimum Gasteiger partial charge on any atom is -0.359 e. The third-order valence-corrected chi connectivity index (χ3v) is 5.19. The van der Waals surface area contributed by atoms with Crippen molar-refractivity contribution in [3.63, 3.8) is 0 Å². The van der Waals surface area contributed by atoms with Crippen LogP contribution in [0.25, 0.3) is 0 Å². The van der Waals surface area contributed by atoms with Crippen LogP contribution in [0.3, 0.4) is 0 Å². The summed E-state index contributed by atoms with van der Waals surface area (Å²) in [5, 5.41) is 0. The third kappa shape index (κ3) is 3.13. The molecule has 1 amide bonds. The number of amides is 1. The summed E-state index contributed by atoms with van der Waals surface area (Å²) in [4.78, 5) is 17.2. The van der Waals surface area contributed by atoms with E-state index in [1.165, 1.54) is 17.7 Å². The van der Waals surface area contributed by atoms with Crippen molar-refractivity contribution in [3.05, 3.63) is 29.8 Å². The molecule has 1 aromatic carbocycles. The molecule has 0 bridgehead atoms. The van der Waals surface area contributed by atoms with Crippen molar-refractivity contribution < 1.29 is 4.79 Å². The predicted molar refractivity (Wildman–Crippen MR) is 91.1 cm³/mol. The van der Waals surface area contributed by atoms with E-state index in [0.29, 0.717) is 30.3 Å². The van der Waals surface area contributed by atoms with E-state index in [9.17, 15) is 4.79 Å². The molecular formula is C19H28N2O. The number of carbonyl (C=O) groups excluding carboxylic acids is 1. The van der Waals surface area contributed by atoms with Crippen LogP contribution in [0.5, 0.6) is 0 Å². The molecule has 2 aliphatic heterocycles. The molecule has 3 nitrogen and oxygen atoms in total. The Labute approximate surface area is 134 Å². The first-order chi connectivity index (χ1) is 10.5.